The van der Waals surface area contributed by atoms with Crippen molar-refractivity contribution in [2.45, 2.75) is 26.4 Å². The average molecular weight is 402 g/mol. The van der Waals surface area contributed by atoms with E-state index in [1.165, 1.54) is 4.68 Å². The molecule has 30 heavy (non-hydrogen) atoms. The van der Waals surface area contributed by atoms with Crippen molar-refractivity contribution < 1.29 is 4.84 Å². The molecule has 0 spiro atoms. The Labute approximate surface area is 173 Å². The zero-order chi connectivity index (χ0) is 21.1. The van der Waals surface area contributed by atoms with Crippen molar-refractivity contribution in [2.24, 2.45) is 0 Å². The number of aromatic nitrogens is 4. The van der Waals surface area contributed by atoms with E-state index < -0.39 is 11.3 Å². The van der Waals surface area contributed by atoms with Gasteiger partial charge in [0, 0.05) is 23.6 Å². The Morgan fingerprint density at radius 3 is 2.40 bits per heavy atom. The summed E-state index contributed by atoms with van der Waals surface area (Å²) < 4.78 is 1.19. The van der Waals surface area contributed by atoms with Gasteiger partial charge in [-0.25, -0.2) is 9.78 Å². The van der Waals surface area contributed by atoms with Gasteiger partial charge in [-0.05, 0) is 57.2 Å². The minimum atomic E-state index is -0.530. The lowest BCUT2D eigenvalue weighted by Crippen LogP contribution is -2.36. The van der Waals surface area contributed by atoms with Crippen LogP contribution in [0.1, 0.15) is 20.8 Å². The van der Waals surface area contributed by atoms with Gasteiger partial charge in [0.15, 0.2) is 5.65 Å². The second-order valence-corrected chi connectivity index (χ2v) is 7.68. The normalized spacial score (nSPS) is 11.4. The number of pyridine rings is 2. The summed E-state index contributed by atoms with van der Waals surface area (Å²) in [5, 5.41) is 3.89. The molecule has 0 unspecified atom stereocenters. The van der Waals surface area contributed by atoms with Gasteiger partial charge in [-0.3, -0.25) is 9.82 Å². The molecule has 2 N–H and O–H groups in total. The van der Waals surface area contributed by atoms with Crippen LogP contribution >= 0.6 is 0 Å². The number of rotatable bonds is 5. The first kappa shape index (κ1) is 19.5. The predicted octanol–water partition coefficient (Wildman–Crippen LogP) is 3.87. The van der Waals surface area contributed by atoms with E-state index in [-0.39, 0.29) is 0 Å². The topological polar surface area (TPSA) is 94.0 Å². The van der Waals surface area contributed by atoms with E-state index in [2.05, 4.69) is 25.9 Å². The van der Waals surface area contributed by atoms with Gasteiger partial charge in [-0.1, -0.05) is 18.2 Å². The standard InChI is InChI=1S/C22H22N6O2/c1-22(2,3)30-27-28-20-17(7-6-14-24-20)19(26-21(28)29)25-16-11-9-15(10-12-16)18-8-4-5-13-23-18/h4-14,27H,1-3H3,(H,25,26,29). The molecule has 0 amide bonds. The van der Waals surface area contributed by atoms with Crippen molar-refractivity contribution in [3.05, 3.63) is 77.5 Å². The fourth-order valence-corrected chi connectivity index (χ4v) is 2.81. The third-order valence-corrected chi connectivity index (χ3v) is 4.20. The van der Waals surface area contributed by atoms with Crippen LogP contribution in [0.4, 0.5) is 11.5 Å². The maximum atomic E-state index is 12.6. The first-order chi connectivity index (χ1) is 14.4. The molecule has 0 saturated heterocycles. The maximum Gasteiger partial charge on any atom is 0.371 e. The van der Waals surface area contributed by atoms with Gasteiger partial charge in [-0.2, -0.15) is 15.2 Å². The Morgan fingerprint density at radius 1 is 0.933 bits per heavy atom. The summed E-state index contributed by atoms with van der Waals surface area (Å²) in [6, 6.07) is 17.2. The summed E-state index contributed by atoms with van der Waals surface area (Å²) in [7, 11) is 0. The molecule has 0 radical (unpaired) electrons. The highest BCUT2D eigenvalue weighted by atomic mass is 16.7. The van der Waals surface area contributed by atoms with E-state index in [4.69, 9.17) is 4.84 Å². The highest BCUT2D eigenvalue weighted by Crippen LogP contribution is 2.24. The molecule has 0 saturated carbocycles. The number of hydrogen-bond donors (Lipinski definition) is 2. The molecule has 0 aliphatic carbocycles. The van der Waals surface area contributed by atoms with Crippen LogP contribution in [0.25, 0.3) is 22.3 Å². The lowest BCUT2D eigenvalue weighted by molar-refractivity contribution is 0.0130. The van der Waals surface area contributed by atoms with Crippen LogP contribution in [0.3, 0.4) is 0 Å². The molecule has 0 aliphatic rings. The summed E-state index contributed by atoms with van der Waals surface area (Å²) in [4.78, 5) is 31.0. The first-order valence-electron chi connectivity index (χ1n) is 9.51. The largest absolute Gasteiger partial charge is 0.371 e. The van der Waals surface area contributed by atoms with E-state index >= 15 is 0 Å². The molecule has 3 heterocycles. The molecule has 0 aliphatic heterocycles. The van der Waals surface area contributed by atoms with E-state index in [9.17, 15) is 4.79 Å². The second-order valence-electron chi connectivity index (χ2n) is 7.68. The average Bonchev–Trinajstić information content (AvgIpc) is 2.74. The molecule has 0 fully saturated rings. The highest BCUT2D eigenvalue weighted by molar-refractivity contribution is 5.88. The molecule has 0 bridgehead atoms. The molecule has 4 aromatic rings. The Balaban J connectivity index is 1.66. The van der Waals surface area contributed by atoms with Gasteiger partial charge >= 0.3 is 5.69 Å². The molecule has 152 valence electrons. The second kappa shape index (κ2) is 7.92. The van der Waals surface area contributed by atoms with Gasteiger partial charge in [0.2, 0.25) is 0 Å². The molecular formula is C22H22N6O2. The SMILES string of the molecule is CC(C)(C)ONn1c(=O)nc(Nc2ccc(-c3ccccn3)cc2)c2cccnc21. The van der Waals surface area contributed by atoms with E-state index in [0.29, 0.717) is 16.9 Å². The van der Waals surface area contributed by atoms with Crippen LogP contribution < -0.4 is 16.6 Å². The number of anilines is 2. The lowest BCUT2D eigenvalue weighted by atomic mass is 10.1. The lowest BCUT2D eigenvalue weighted by Gasteiger charge is -2.21. The van der Waals surface area contributed by atoms with Gasteiger partial charge in [0.1, 0.15) is 5.82 Å². The van der Waals surface area contributed by atoms with Crippen molar-refractivity contribution >= 4 is 22.5 Å². The summed E-state index contributed by atoms with van der Waals surface area (Å²) in [5.41, 5.74) is 4.73. The molecule has 0 atom stereocenters. The van der Waals surface area contributed by atoms with Gasteiger partial charge in [0.05, 0.1) is 16.7 Å². The predicted molar refractivity (Wildman–Crippen MR) is 117 cm³/mol. The maximum absolute atomic E-state index is 12.6. The van der Waals surface area contributed by atoms with Gasteiger partial charge in [-0.15, -0.1) is 0 Å². The van der Waals surface area contributed by atoms with Crippen molar-refractivity contribution in [3.63, 3.8) is 0 Å². The van der Waals surface area contributed by atoms with Crippen LogP contribution in [-0.4, -0.2) is 25.2 Å². The number of fused-ring (bicyclic) bond motifs is 1. The third kappa shape index (κ3) is 4.28. The smallest absolute Gasteiger partial charge is 0.339 e. The number of benzene rings is 1. The molecule has 3 aromatic heterocycles. The van der Waals surface area contributed by atoms with Crippen molar-refractivity contribution in [1.82, 2.24) is 19.6 Å². The summed E-state index contributed by atoms with van der Waals surface area (Å²) in [5.74, 6) is 0.419. The van der Waals surface area contributed by atoms with Gasteiger partial charge in [0.25, 0.3) is 0 Å². The summed E-state index contributed by atoms with van der Waals surface area (Å²) >= 11 is 0. The van der Waals surface area contributed by atoms with Crippen molar-refractivity contribution in [2.75, 3.05) is 10.9 Å². The van der Waals surface area contributed by atoms with Crippen molar-refractivity contribution in [1.29, 1.82) is 0 Å². The number of nitrogens with one attached hydrogen (secondary N) is 2. The fraction of sp³-hybridized carbons (Fsp3) is 0.182. The fourth-order valence-electron chi connectivity index (χ4n) is 2.81. The van der Waals surface area contributed by atoms with Crippen LogP contribution in [0.5, 0.6) is 0 Å². The van der Waals surface area contributed by atoms with Gasteiger partial charge < -0.3 is 5.32 Å². The Morgan fingerprint density at radius 2 is 1.70 bits per heavy atom. The Kier molecular flexibility index (Phi) is 5.16. The number of hydrogen-bond acceptors (Lipinski definition) is 7. The Hall–Kier alpha value is -3.78. The van der Waals surface area contributed by atoms with Crippen LogP contribution in [0.15, 0.2) is 71.8 Å². The van der Waals surface area contributed by atoms with E-state index in [1.54, 1.807) is 18.5 Å². The zero-order valence-electron chi connectivity index (χ0n) is 17.0. The van der Waals surface area contributed by atoms with Crippen LogP contribution in [-0.2, 0) is 4.84 Å². The third-order valence-electron chi connectivity index (χ3n) is 4.20. The Bertz CT molecular complexity index is 1210. The quantitative estimate of drug-likeness (QED) is 0.489. The molecule has 8 heteroatoms. The van der Waals surface area contributed by atoms with Crippen LogP contribution in [0.2, 0.25) is 0 Å². The molecule has 4 rings (SSSR count). The highest BCUT2D eigenvalue weighted by Gasteiger charge is 2.15. The molecular weight excluding hydrogens is 380 g/mol. The van der Waals surface area contributed by atoms with E-state index in [1.807, 2.05) is 69.3 Å². The monoisotopic (exact) mass is 402 g/mol. The summed E-state index contributed by atoms with van der Waals surface area (Å²) in [6.07, 6.45) is 3.37. The first-order valence-corrected chi connectivity index (χ1v) is 9.51. The summed E-state index contributed by atoms with van der Waals surface area (Å²) in [6.45, 7) is 5.62. The molecule has 1 aromatic carbocycles. The van der Waals surface area contributed by atoms with Crippen LogP contribution in [0, 0.1) is 0 Å². The zero-order valence-corrected chi connectivity index (χ0v) is 17.0. The minimum Gasteiger partial charge on any atom is -0.339 e. The van der Waals surface area contributed by atoms with E-state index in [0.717, 1.165) is 16.9 Å². The van der Waals surface area contributed by atoms with Crippen molar-refractivity contribution in [3.8, 4) is 11.3 Å². The minimum absolute atomic E-state index is 0.411. The molecule has 8 nitrogen and oxygen atoms in total. The number of nitrogens with zero attached hydrogens (tertiary/aromatic N) is 4.